The van der Waals surface area contributed by atoms with Crippen LogP contribution >= 0.6 is 11.3 Å². The fourth-order valence-electron chi connectivity index (χ4n) is 0.697. The Labute approximate surface area is 72.8 Å². The molecule has 0 saturated heterocycles. The molecule has 0 aliphatic carbocycles. The molecule has 1 aromatic rings. The molecule has 0 bridgehead atoms. The molecule has 0 spiro atoms. The molecule has 0 aliphatic heterocycles. The highest BCUT2D eigenvalue weighted by atomic mass is 32.1. The summed E-state index contributed by atoms with van der Waals surface area (Å²) in [4.78, 5) is 11.3. The van der Waals surface area contributed by atoms with Gasteiger partial charge in [0.05, 0.1) is 10.6 Å². The van der Waals surface area contributed by atoms with Gasteiger partial charge in [-0.2, -0.15) is 0 Å². The Kier molecular flexibility index (Phi) is 2.44. The van der Waals surface area contributed by atoms with Crippen LogP contribution in [0.3, 0.4) is 0 Å². The van der Waals surface area contributed by atoms with Crippen LogP contribution in [0.5, 0.6) is 0 Å². The molecule has 0 unspecified atom stereocenters. The second-order valence-electron chi connectivity index (χ2n) is 2.15. The van der Waals surface area contributed by atoms with E-state index in [0.717, 1.165) is 11.3 Å². The third-order valence-electron chi connectivity index (χ3n) is 1.32. The third kappa shape index (κ3) is 1.62. The van der Waals surface area contributed by atoms with Crippen LogP contribution in [0.2, 0.25) is 0 Å². The number of nitrogens with zero attached hydrogens (tertiary/aromatic N) is 1. The normalized spacial score (nSPS) is 11.6. The Balaban J connectivity index is 2.99. The van der Waals surface area contributed by atoms with E-state index in [9.17, 15) is 4.79 Å². The molecular formula is C7H7NO3S. The minimum atomic E-state index is -0.961. The first-order chi connectivity index (χ1) is 5.65. The molecule has 4 nitrogen and oxygen atoms in total. The summed E-state index contributed by atoms with van der Waals surface area (Å²) in [5.41, 5.74) is 0.424. The monoisotopic (exact) mass is 185 g/mol. The number of hydrogen-bond donors (Lipinski definition) is 2. The van der Waals surface area contributed by atoms with Gasteiger partial charge in [0.15, 0.2) is 0 Å². The molecule has 5 heteroatoms. The highest BCUT2D eigenvalue weighted by molar-refractivity contribution is 7.15. The lowest BCUT2D eigenvalue weighted by atomic mass is 10.3. The van der Waals surface area contributed by atoms with Gasteiger partial charge in [-0.15, -0.1) is 11.3 Å². The molecular weight excluding hydrogens is 178 g/mol. The predicted octanol–water partition coefficient (Wildman–Crippen LogP) is 1.64. The fourth-order valence-corrected chi connectivity index (χ4v) is 1.48. The first-order valence-corrected chi connectivity index (χ1v) is 3.99. The Morgan fingerprint density at radius 3 is 2.50 bits per heavy atom. The summed E-state index contributed by atoms with van der Waals surface area (Å²) in [7, 11) is 0. The van der Waals surface area contributed by atoms with Crippen molar-refractivity contribution in [3.8, 4) is 0 Å². The van der Waals surface area contributed by atoms with E-state index in [4.69, 9.17) is 10.3 Å². The summed E-state index contributed by atoms with van der Waals surface area (Å²) in [6.07, 6.45) is 0. The lowest BCUT2D eigenvalue weighted by molar-refractivity contribution is 0.0702. The first-order valence-electron chi connectivity index (χ1n) is 3.17. The number of thiophene rings is 1. The van der Waals surface area contributed by atoms with E-state index in [0.29, 0.717) is 10.6 Å². The van der Waals surface area contributed by atoms with Crippen LogP contribution in [0.25, 0.3) is 0 Å². The van der Waals surface area contributed by atoms with Gasteiger partial charge in [0.2, 0.25) is 0 Å². The van der Waals surface area contributed by atoms with E-state index < -0.39 is 5.97 Å². The van der Waals surface area contributed by atoms with Gasteiger partial charge in [0.1, 0.15) is 4.88 Å². The van der Waals surface area contributed by atoms with Gasteiger partial charge >= 0.3 is 5.97 Å². The molecule has 0 atom stereocenters. The minimum absolute atomic E-state index is 0.244. The maximum absolute atomic E-state index is 10.4. The van der Waals surface area contributed by atoms with Gasteiger partial charge in [-0.3, -0.25) is 0 Å². The molecule has 1 heterocycles. The molecule has 0 amide bonds. The zero-order chi connectivity index (χ0) is 9.14. The SMILES string of the molecule is CC(=NO)c1ccc(C(=O)O)s1. The summed E-state index contributed by atoms with van der Waals surface area (Å²) in [6, 6.07) is 3.10. The van der Waals surface area contributed by atoms with Crippen LogP contribution in [-0.2, 0) is 0 Å². The number of oxime groups is 1. The van der Waals surface area contributed by atoms with Gasteiger partial charge in [-0.1, -0.05) is 5.16 Å². The lowest BCUT2D eigenvalue weighted by Gasteiger charge is -1.88. The average Bonchev–Trinajstić information content (AvgIpc) is 2.51. The fraction of sp³-hybridized carbons (Fsp3) is 0.143. The summed E-state index contributed by atoms with van der Waals surface area (Å²) in [5, 5.41) is 19.9. The largest absolute Gasteiger partial charge is 0.477 e. The van der Waals surface area contributed by atoms with Gasteiger partial charge in [0.25, 0.3) is 0 Å². The van der Waals surface area contributed by atoms with Crippen LogP contribution in [0.4, 0.5) is 0 Å². The summed E-state index contributed by atoms with van der Waals surface area (Å²) in [6.45, 7) is 1.61. The standard InChI is InChI=1S/C7H7NO3S/c1-4(8-11)5-2-3-6(12-5)7(9)10/h2-3,11H,1H3,(H,9,10). The van der Waals surface area contributed by atoms with Crippen molar-refractivity contribution in [2.24, 2.45) is 5.16 Å². The van der Waals surface area contributed by atoms with Gasteiger partial charge in [0, 0.05) is 0 Å². The van der Waals surface area contributed by atoms with E-state index in [1.165, 1.54) is 6.07 Å². The highest BCUT2D eigenvalue weighted by Crippen LogP contribution is 2.16. The van der Waals surface area contributed by atoms with E-state index >= 15 is 0 Å². The molecule has 1 rings (SSSR count). The van der Waals surface area contributed by atoms with Crippen molar-refractivity contribution in [2.45, 2.75) is 6.92 Å². The number of carbonyl (C=O) groups is 1. The number of aromatic carboxylic acids is 1. The zero-order valence-corrected chi connectivity index (χ0v) is 7.13. The summed E-state index contributed by atoms with van der Waals surface area (Å²) >= 11 is 1.08. The van der Waals surface area contributed by atoms with Crippen LogP contribution < -0.4 is 0 Å². The molecule has 1 aromatic heterocycles. The number of hydrogen-bond acceptors (Lipinski definition) is 4. The molecule has 64 valence electrons. The second kappa shape index (κ2) is 3.36. The van der Waals surface area contributed by atoms with Crippen LogP contribution in [0.15, 0.2) is 17.3 Å². The van der Waals surface area contributed by atoms with Crippen LogP contribution in [-0.4, -0.2) is 22.0 Å². The molecule has 0 aromatic carbocycles. The molecule has 12 heavy (non-hydrogen) atoms. The topological polar surface area (TPSA) is 69.9 Å². The second-order valence-corrected chi connectivity index (χ2v) is 3.24. The third-order valence-corrected chi connectivity index (χ3v) is 2.51. The zero-order valence-electron chi connectivity index (χ0n) is 6.31. The Hall–Kier alpha value is -1.36. The smallest absolute Gasteiger partial charge is 0.345 e. The first kappa shape index (κ1) is 8.73. The van der Waals surface area contributed by atoms with Gasteiger partial charge < -0.3 is 10.3 Å². The van der Waals surface area contributed by atoms with E-state index in [1.54, 1.807) is 13.0 Å². The Morgan fingerprint density at radius 2 is 2.08 bits per heavy atom. The van der Waals surface area contributed by atoms with E-state index in [-0.39, 0.29) is 4.88 Å². The van der Waals surface area contributed by atoms with Crippen molar-refractivity contribution in [1.29, 1.82) is 0 Å². The van der Waals surface area contributed by atoms with Crippen molar-refractivity contribution in [3.63, 3.8) is 0 Å². The number of carboxylic acid groups (broad SMARTS) is 1. The maximum Gasteiger partial charge on any atom is 0.345 e. The van der Waals surface area contributed by atoms with Crippen molar-refractivity contribution >= 4 is 23.0 Å². The lowest BCUT2D eigenvalue weighted by Crippen LogP contribution is -1.91. The Morgan fingerprint density at radius 1 is 1.50 bits per heavy atom. The predicted molar refractivity (Wildman–Crippen MR) is 45.3 cm³/mol. The van der Waals surface area contributed by atoms with E-state index in [2.05, 4.69) is 5.16 Å². The quantitative estimate of drug-likeness (QED) is 0.418. The van der Waals surface area contributed by atoms with Crippen LogP contribution in [0.1, 0.15) is 21.5 Å². The van der Waals surface area contributed by atoms with Crippen LogP contribution in [0, 0.1) is 0 Å². The number of rotatable bonds is 2. The van der Waals surface area contributed by atoms with Gasteiger partial charge in [-0.05, 0) is 19.1 Å². The minimum Gasteiger partial charge on any atom is -0.477 e. The van der Waals surface area contributed by atoms with Crippen molar-refractivity contribution < 1.29 is 15.1 Å². The summed E-state index contributed by atoms with van der Waals surface area (Å²) < 4.78 is 0. The number of carboxylic acids is 1. The van der Waals surface area contributed by atoms with Gasteiger partial charge in [-0.25, -0.2) is 4.79 Å². The van der Waals surface area contributed by atoms with Crippen molar-refractivity contribution in [2.75, 3.05) is 0 Å². The molecule has 0 aliphatic rings. The summed E-state index contributed by atoms with van der Waals surface area (Å²) in [5.74, 6) is -0.961. The Bertz CT molecular complexity index is 329. The highest BCUT2D eigenvalue weighted by Gasteiger charge is 2.08. The average molecular weight is 185 g/mol. The maximum atomic E-state index is 10.4. The van der Waals surface area contributed by atoms with Crippen molar-refractivity contribution in [1.82, 2.24) is 0 Å². The molecule has 0 fully saturated rings. The molecule has 2 N–H and O–H groups in total. The van der Waals surface area contributed by atoms with Crippen molar-refractivity contribution in [3.05, 3.63) is 21.9 Å². The molecule has 0 saturated carbocycles. The van der Waals surface area contributed by atoms with E-state index in [1.807, 2.05) is 0 Å². The molecule has 0 radical (unpaired) electrons.